The molecule has 2 aromatic heterocycles. The smallest absolute Gasteiger partial charge is 0.389 e. The first-order valence-corrected chi connectivity index (χ1v) is 6.78. The molecular formula is C13H14F2N4O3. The fourth-order valence-corrected chi connectivity index (χ4v) is 2.45. The van der Waals surface area contributed by atoms with Gasteiger partial charge in [0, 0.05) is 32.0 Å². The van der Waals surface area contributed by atoms with Gasteiger partial charge in [-0.2, -0.15) is 0 Å². The van der Waals surface area contributed by atoms with Gasteiger partial charge in [0.1, 0.15) is 5.65 Å². The largest absolute Gasteiger partial charge is 0.416 e. The van der Waals surface area contributed by atoms with Gasteiger partial charge in [0.2, 0.25) is 5.56 Å². The second kappa shape index (κ2) is 5.08. The van der Waals surface area contributed by atoms with E-state index in [0.717, 1.165) is 0 Å². The number of piperidine rings is 1. The van der Waals surface area contributed by atoms with E-state index in [1.807, 2.05) is 0 Å². The maximum Gasteiger partial charge on any atom is 0.416 e. The average Bonchev–Trinajstić information content (AvgIpc) is 2.81. The number of carbonyl (C=O) groups is 1. The maximum absolute atomic E-state index is 13.1. The number of carbonyl (C=O) groups excluding carboxylic acids is 1. The molecule has 3 rings (SSSR count). The molecule has 0 atom stereocenters. The first-order valence-electron chi connectivity index (χ1n) is 6.78. The molecule has 0 bridgehead atoms. The summed E-state index contributed by atoms with van der Waals surface area (Å²) in [5.74, 6) is -2.71. The molecule has 0 radical (unpaired) electrons. The number of H-pyrrole nitrogens is 2. The minimum absolute atomic E-state index is 0.0195. The number of aryl methyl sites for hydroxylation is 1. The van der Waals surface area contributed by atoms with Gasteiger partial charge >= 0.3 is 6.09 Å². The first kappa shape index (κ1) is 14.5. The van der Waals surface area contributed by atoms with Gasteiger partial charge in [0.15, 0.2) is 0 Å². The van der Waals surface area contributed by atoms with Crippen LogP contribution in [0.1, 0.15) is 18.4 Å². The number of aromatic amines is 2. The molecular weight excluding hydrogens is 298 g/mol. The summed E-state index contributed by atoms with van der Waals surface area (Å²) in [7, 11) is 0. The highest BCUT2D eigenvalue weighted by atomic mass is 19.3. The van der Waals surface area contributed by atoms with E-state index in [-0.39, 0.29) is 37.4 Å². The molecule has 22 heavy (non-hydrogen) atoms. The standard InChI is InChI=1S/C13H14F2N4O3/c1-7-6-8(20)16-10-9(7)11(18-17-10)22-12(21)19-4-2-13(14,15)3-5-19/h6H,2-5H2,1H3,(H2,16,17,18,20). The van der Waals surface area contributed by atoms with Crippen LogP contribution < -0.4 is 10.3 Å². The summed E-state index contributed by atoms with van der Waals surface area (Å²) >= 11 is 0. The summed E-state index contributed by atoms with van der Waals surface area (Å²) in [6.45, 7) is 1.56. The number of likely N-dealkylation sites (tertiary alicyclic amines) is 1. The predicted octanol–water partition coefficient (Wildman–Crippen LogP) is 1.79. The molecule has 2 aromatic rings. The molecule has 7 nitrogen and oxygen atoms in total. The average molecular weight is 312 g/mol. The van der Waals surface area contributed by atoms with Crippen molar-refractivity contribution in [3.63, 3.8) is 0 Å². The van der Waals surface area contributed by atoms with Crippen molar-refractivity contribution in [3.8, 4) is 5.88 Å². The lowest BCUT2D eigenvalue weighted by molar-refractivity contribution is -0.0497. The second-order valence-corrected chi connectivity index (χ2v) is 5.31. The SMILES string of the molecule is Cc1cc(=O)[nH]c2[nH]nc(OC(=O)N3CCC(F)(F)CC3)c12. The zero-order valence-electron chi connectivity index (χ0n) is 11.8. The number of halogens is 2. The Bertz CT molecular complexity index is 773. The van der Waals surface area contributed by atoms with Crippen molar-refractivity contribution in [2.45, 2.75) is 25.7 Å². The van der Waals surface area contributed by atoms with E-state index in [1.54, 1.807) is 6.92 Å². The van der Waals surface area contributed by atoms with E-state index >= 15 is 0 Å². The van der Waals surface area contributed by atoms with Crippen molar-refractivity contribution >= 4 is 17.1 Å². The number of nitrogens with one attached hydrogen (secondary N) is 2. The van der Waals surface area contributed by atoms with Crippen molar-refractivity contribution in [1.82, 2.24) is 20.1 Å². The van der Waals surface area contributed by atoms with Crippen molar-refractivity contribution in [2.24, 2.45) is 0 Å². The van der Waals surface area contributed by atoms with Gasteiger partial charge in [0.25, 0.3) is 11.8 Å². The Morgan fingerprint density at radius 2 is 2.09 bits per heavy atom. The van der Waals surface area contributed by atoms with E-state index < -0.39 is 12.0 Å². The van der Waals surface area contributed by atoms with Crippen molar-refractivity contribution < 1.29 is 18.3 Å². The molecule has 1 aliphatic heterocycles. The van der Waals surface area contributed by atoms with Gasteiger partial charge in [-0.05, 0) is 12.5 Å². The lowest BCUT2D eigenvalue weighted by Gasteiger charge is -2.30. The van der Waals surface area contributed by atoms with Gasteiger partial charge in [-0.15, -0.1) is 5.10 Å². The maximum atomic E-state index is 13.1. The van der Waals surface area contributed by atoms with Crippen molar-refractivity contribution in [1.29, 1.82) is 0 Å². The Labute approximate surface area is 123 Å². The third-order valence-electron chi connectivity index (χ3n) is 3.66. The Kier molecular flexibility index (Phi) is 3.34. The second-order valence-electron chi connectivity index (χ2n) is 5.31. The molecule has 1 amide bonds. The number of ether oxygens (including phenoxy) is 1. The molecule has 3 heterocycles. The molecule has 118 valence electrons. The van der Waals surface area contributed by atoms with E-state index in [2.05, 4.69) is 15.2 Å². The van der Waals surface area contributed by atoms with E-state index in [1.165, 1.54) is 11.0 Å². The highest BCUT2D eigenvalue weighted by Crippen LogP contribution is 2.29. The number of pyridine rings is 1. The summed E-state index contributed by atoms with van der Waals surface area (Å²) < 4.78 is 31.3. The Balaban J connectivity index is 1.79. The van der Waals surface area contributed by atoms with Gasteiger partial charge < -0.3 is 14.6 Å². The third kappa shape index (κ3) is 2.66. The molecule has 0 aliphatic carbocycles. The van der Waals surface area contributed by atoms with Crippen LogP contribution in [0.3, 0.4) is 0 Å². The number of rotatable bonds is 1. The van der Waals surface area contributed by atoms with Crippen LogP contribution in [0.4, 0.5) is 13.6 Å². The molecule has 0 aromatic carbocycles. The highest BCUT2D eigenvalue weighted by molar-refractivity contribution is 5.86. The number of nitrogens with zero attached hydrogens (tertiary/aromatic N) is 2. The Hall–Kier alpha value is -2.45. The van der Waals surface area contributed by atoms with Crippen LogP contribution in [0.25, 0.3) is 11.0 Å². The summed E-state index contributed by atoms with van der Waals surface area (Å²) in [4.78, 5) is 27.1. The van der Waals surface area contributed by atoms with Crippen LogP contribution >= 0.6 is 0 Å². The highest BCUT2D eigenvalue weighted by Gasteiger charge is 2.36. The molecule has 0 unspecified atom stereocenters. The fraction of sp³-hybridized carbons (Fsp3) is 0.462. The Morgan fingerprint density at radius 1 is 1.41 bits per heavy atom. The summed E-state index contributed by atoms with van der Waals surface area (Å²) in [6, 6.07) is 1.36. The van der Waals surface area contributed by atoms with Gasteiger partial charge in [-0.25, -0.2) is 13.6 Å². The van der Waals surface area contributed by atoms with Gasteiger partial charge in [-0.1, -0.05) is 0 Å². The zero-order valence-corrected chi connectivity index (χ0v) is 11.8. The number of hydrogen-bond donors (Lipinski definition) is 2. The molecule has 0 saturated carbocycles. The first-order chi connectivity index (χ1) is 10.4. The van der Waals surface area contributed by atoms with Crippen LogP contribution in [0, 0.1) is 6.92 Å². The quantitative estimate of drug-likeness (QED) is 0.840. The predicted molar refractivity (Wildman–Crippen MR) is 73.2 cm³/mol. The van der Waals surface area contributed by atoms with E-state index in [9.17, 15) is 18.4 Å². The van der Waals surface area contributed by atoms with Crippen LogP contribution in [0.2, 0.25) is 0 Å². The van der Waals surface area contributed by atoms with Crippen LogP contribution in [0.5, 0.6) is 5.88 Å². The van der Waals surface area contributed by atoms with Crippen LogP contribution in [0.15, 0.2) is 10.9 Å². The van der Waals surface area contributed by atoms with Gasteiger partial charge in [0.05, 0.1) is 5.39 Å². The number of aromatic nitrogens is 3. The molecule has 2 N–H and O–H groups in total. The lowest BCUT2D eigenvalue weighted by atomic mass is 10.1. The van der Waals surface area contributed by atoms with E-state index in [4.69, 9.17) is 4.74 Å². The van der Waals surface area contributed by atoms with Crippen molar-refractivity contribution in [2.75, 3.05) is 13.1 Å². The summed E-state index contributed by atoms with van der Waals surface area (Å²) in [5, 5.41) is 6.90. The topological polar surface area (TPSA) is 91.1 Å². The van der Waals surface area contributed by atoms with E-state index in [0.29, 0.717) is 16.6 Å². The number of amides is 1. The van der Waals surface area contributed by atoms with Gasteiger partial charge in [-0.3, -0.25) is 9.89 Å². The normalized spacial score (nSPS) is 17.7. The zero-order chi connectivity index (χ0) is 15.9. The van der Waals surface area contributed by atoms with Crippen LogP contribution in [-0.2, 0) is 0 Å². The fourth-order valence-electron chi connectivity index (χ4n) is 2.45. The number of fused-ring (bicyclic) bond motifs is 1. The third-order valence-corrected chi connectivity index (χ3v) is 3.66. The summed E-state index contributed by atoms with van der Waals surface area (Å²) in [5.41, 5.74) is 0.642. The summed E-state index contributed by atoms with van der Waals surface area (Å²) in [6.07, 6.45) is -1.49. The Morgan fingerprint density at radius 3 is 2.77 bits per heavy atom. The molecule has 0 spiro atoms. The lowest BCUT2D eigenvalue weighted by Crippen LogP contribution is -2.44. The molecule has 1 aliphatic rings. The number of hydrogen-bond acceptors (Lipinski definition) is 4. The number of alkyl halides is 2. The minimum atomic E-state index is -2.73. The van der Waals surface area contributed by atoms with Crippen LogP contribution in [-0.4, -0.2) is 45.2 Å². The molecule has 1 saturated heterocycles. The minimum Gasteiger partial charge on any atom is -0.389 e. The molecule has 1 fully saturated rings. The molecule has 9 heteroatoms. The van der Waals surface area contributed by atoms with Crippen molar-refractivity contribution in [3.05, 3.63) is 22.0 Å². The monoisotopic (exact) mass is 312 g/mol.